The maximum Gasteiger partial charge on any atom is 0.290 e. The number of furan rings is 1. The molecule has 1 unspecified atom stereocenters. The molecule has 1 saturated heterocycles. The second kappa shape index (κ2) is 6.43. The molecule has 0 aromatic carbocycles. The summed E-state index contributed by atoms with van der Waals surface area (Å²) in [5.41, 5.74) is 0.677. The van der Waals surface area contributed by atoms with Gasteiger partial charge in [-0.05, 0) is 43.5 Å². The molecule has 1 aliphatic rings. The van der Waals surface area contributed by atoms with Gasteiger partial charge in [0.15, 0.2) is 5.76 Å². The first-order chi connectivity index (χ1) is 10.8. The number of nitrogens with one attached hydrogen (secondary N) is 1. The molecule has 0 aliphatic carbocycles. The third-order valence-electron chi connectivity index (χ3n) is 3.75. The summed E-state index contributed by atoms with van der Waals surface area (Å²) in [5, 5.41) is 2.84. The Hall–Kier alpha value is -2.63. The van der Waals surface area contributed by atoms with Crippen LogP contribution in [0.3, 0.4) is 0 Å². The first-order valence-corrected chi connectivity index (χ1v) is 7.31. The van der Waals surface area contributed by atoms with Crippen molar-refractivity contribution in [1.82, 2.24) is 9.88 Å². The van der Waals surface area contributed by atoms with Crippen LogP contribution in [-0.2, 0) is 4.79 Å². The highest BCUT2D eigenvalue weighted by atomic mass is 16.3. The smallest absolute Gasteiger partial charge is 0.290 e. The van der Waals surface area contributed by atoms with Crippen molar-refractivity contribution in [2.45, 2.75) is 25.3 Å². The van der Waals surface area contributed by atoms with Gasteiger partial charge in [-0.3, -0.25) is 14.6 Å². The fourth-order valence-corrected chi connectivity index (χ4v) is 2.65. The number of anilines is 1. The van der Waals surface area contributed by atoms with Gasteiger partial charge >= 0.3 is 0 Å². The number of carbonyl (C=O) groups excluding carboxylic acids is 2. The van der Waals surface area contributed by atoms with Gasteiger partial charge in [-0.15, -0.1) is 0 Å². The maximum absolute atomic E-state index is 12.5. The molecule has 3 rings (SSSR count). The zero-order valence-electron chi connectivity index (χ0n) is 12.1. The number of carbonyl (C=O) groups is 2. The summed E-state index contributed by atoms with van der Waals surface area (Å²) in [5.74, 6) is -0.144. The molecule has 1 atom stereocenters. The number of rotatable bonds is 3. The third-order valence-corrected chi connectivity index (χ3v) is 3.75. The predicted molar refractivity (Wildman–Crippen MR) is 80.3 cm³/mol. The molecular weight excluding hydrogens is 282 g/mol. The summed E-state index contributed by atoms with van der Waals surface area (Å²) in [6.07, 6.45) is 7.17. The van der Waals surface area contributed by atoms with Gasteiger partial charge in [-0.25, -0.2) is 0 Å². The summed E-state index contributed by atoms with van der Waals surface area (Å²) in [7, 11) is 0. The summed E-state index contributed by atoms with van der Waals surface area (Å²) >= 11 is 0. The van der Waals surface area contributed by atoms with E-state index in [9.17, 15) is 9.59 Å². The minimum atomic E-state index is -0.473. The molecule has 3 heterocycles. The highest BCUT2D eigenvalue weighted by Crippen LogP contribution is 2.21. The monoisotopic (exact) mass is 299 g/mol. The van der Waals surface area contributed by atoms with Crippen LogP contribution in [0, 0.1) is 0 Å². The summed E-state index contributed by atoms with van der Waals surface area (Å²) in [6.45, 7) is 0.563. The molecule has 114 valence electrons. The number of hydrogen-bond donors (Lipinski definition) is 1. The number of aromatic nitrogens is 1. The number of nitrogens with zero attached hydrogens (tertiary/aromatic N) is 2. The quantitative estimate of drug-likeness (QED) is 0.943. The number of amides is 2. The molecule has 22 heavy (non-hydrogen) atoms. The van der Waals surface area contributed by atoms with Crippen molar-refractivity contribution in [3.63, 3.8) is 0 Å². The normalized spacial score (nSPS) is 18.0. The van der Waals surface area contributed by atoms with Crippen LogP contribution >= 0.6 is 0 Å². The van der Waals surface area contributed by atoms with Gasteiger partial charge < -0.3 is 14.6 Å². The first-order valence-electron chi connectivity index (χ1n) is 7.31. The molecule has 0 radical (unpaired) electrons. The van der Waals surface area contributed by atoms with Gasteiger partial charge in [0.1, 0.15) is 6.04 Å². The topological polar surface area (TPSA) is 75.4 Å². The predicted octanol–water partition coefficient (Wildman–Crippen LogP) is 2.31. The van der Waals surface area contributed by atoms with Gasteiger partial charge in [-0.2, -0.15) is 0 Å². The van der Waals surface area contributed by atoms with E-state index < -0.39 is 6.04 Å². The van der Waals surface area contributed by atoms with Gasteiger partial charge in [0.05, 0.1) is 6.26 Å². The van der Waals surface area contributed by atoms with Crippen LogP contribution in [0.15, 0.2) is 47.3 Å². The van der Waals surface area contributed by atoms with Gasteiger partial charge in [0, 0.05) is 24.6 Å². The Morgan fingerprint density at radius 1 is 1.23 bits per heavy atom. The van der Waals surface area contributed by atoms with Crippen molar-refractivity contribution < 1.29 is 14.0 Å². The molecule has 1 fully saturated rings. The number of piperidine rings is 1. The molecule has 2 aromatic rings. The van der Waals surface area contributed by atoms with Crippen LogP contribution in [0.4, 0.5) is 5.69 Å². The highest BCUT2D eigenvalue weighted by molar-refractivity contribution is 6.00. The van der Waals surface area contributed by atoms with E-state index >= 15 is 0 Å². The van der Waals surface area contributed by atoms with E-state index in [-0.39, 0.29) is 17.6 Å². The first kappa shape index (κ1) is 14.3. The Kier molecular flexibility index (Phi) is 4.18. The van der Waals surface area contributed by atoms with Crippen molar-refractivity contribution >= 4 is 17.5 Å². The molecule has 1 N–H and O–H groups in total. The van der Waals surface area contributed by atoms with Crippen molar-refractivity contribution in [1.29, 1.82) is 0 Å². The minimum absolute atomic E-state index is 0.175. The van der Waals surface area contributed by atoms with E-state index in [0.717, 1.165) is 12.8 Å². The molecular formula is C16H17N3O3. The van der Waals surface area contributed by atoms with E-state index in [4.69, 9.17) is 4.42 Å². The van der Waals surface area contributed by atoms with Crippen LogP contribution in [0.25, 0.3) is 0 Å². The van der Waals surface area contributed by atoms with E-state index in [1.165, 1.54) is 6.26 Å². The van der Waals surface area contributed by atoms with Gasteiger partial charge in [0.2, 0.25) is 5.91 Å². The lowest BCUT2D eigenvalue weighted by molar-refractivity contribution is -0.121. The lowest BCUT2D eigenvalue weighted by Gasteiger charge is -2.34. The Morgan fingerprint density at radius 3 is 2.77 bits per heavy atom. The highest BCUT2D eigenvalue weighted by Gasteiger charge is 2.33. The van der Waals surface area contributed by atoms with Crippen molar-refractivity contribution in [3.05, 3.63) is 48.7 Å². The molecule has 6 nitrogen and oxygen atoms in total. The molecule has 2 aromatic heterocycles. The van der Waals surface area contributed by atoms with Crippen LogP contribution in [0.5, 0.6) is 0 Å². The van der Waals surface area contributed by atoms with E-state index in [2.05, 4.69) is 10.3 Å². The molecule has 0 bridgehead atoms. The van der Waals surface area contributed by atoms with Gasteiger partial charge in [0.25, 0.3) is 5.91 Å². The van der Waals surface area contributed by atoms with Crippen LogP contribution in [-0.4, -0.2) is 34.3 Å². The van der Waals surface area contributed by atoms with E-state index in [0.29, 0.717) is 18.7 Å². The number of pyridine rings is 1. The Morgan fingerprint density at radius 2 is 2.05 bits per heavy atom. The molecule has 2 amide bonds. The Balaban J connectivity index is 1.75. The summed E-state index contributed by atoms with van der Waals surface area (Å²) < 4.78 is 5.16. The standard InChI is InChI=1S/C16H17N3O3/c20-15(18-12-6-8-17-9-7-12)13-4-1-2-10-19(13)16(21)14-5-3-11-22-14/h3,5-9,11,13H,1-2,4,10H2,(H,17,18,20). The van der Waals surface area contributed by atoms with Crippen LogP contribution in [0.1, 0.15) is 29.8 Å². The van der Waals surface area contributed by atoms with Crippen molar-refractivity contribution in [2.75, 3.05) is 11.9 Å². The molecule has 0 spiro atoms. The second-order valence-corrected chi connectivity index (χ2v) is 5.21. The van der Waals surface area contributed by atoms with Gasteiger partial charge in [-0.1, -0.05) is 0 Å². The lowest BCUT2D eigenvalue weighted by atomic mass is 10.0. The summed E-state index contributed by atoms with van der Waals surface area (Å²) in [4.78, 5) is 30.5. The lowest BCUT2D eigenvalue weighted by Crippen LogP contribution is -2.49. The average Bonchev–Trinajstić information content (AvgIpc) is 3.09. The SMILES string of the molecule is O=C(Nc1ccncc1)C1CCCCN1C(=O)c1ccco1. The van der Waals surface area contributed by atoms with Crippen LogP contribution < -0.4 is 5.32 Å². The molecule has 1 aliphatic heterocycles. The average molecular weight is 299 g/mol. The van der Waals surface area contributed by atoms with E-state index in [1.807, 2.05) is 0 Å². The largest absolute Gasteiger partial charge is 0.459 e. The zero-order chi connectivity index (χ0) is 15.4. The van der Waals surface area contributed by atoms with Crippen molar-refractivity contribution in [3.8, 4) is 0 Å². The third kappa shape index (κ3) is 3.00. The molecule has 6 heteroatoms. The van der Waals surface area contributed by atoms with Crippen molar-refractivity contribution in [2.24, 2.45) is 0 Å². The zero-order valence-corrected chi connectivity index (χ0v) is 12.1. The fourth-order valence-electron chi connectivity index (χ4n) is 2.65. The minimum Gasteiger partial charge on any atom is -0.459 e. The number of hydrogen-bond acceptors (Lipinski definition) is 4. The second-order valence-electron chi connectivity index (χ2n) is 5.21. The molecule has 0 saturated carbocycles. The Bertz CT molecular complexity index is 640. The van der Waals surface area contributed by atoms with E-state index in [1.54, 1.807) is 41.6 Å². The van der Waals surface area contributed by atoms with Crippen LogP contribution in [0.2, 0.25) is 0 Å². The Labute approximate surface area is 128 Å². The number of likely N-dealkylation sites (tertiary alicyclic amines) is 1. The maximum atomic E-state index is 12.5. The summed E-state index contributed by atoms with van der Waals surface area (Å²) in [6, 6.07) is 6.26. The fraction of sp³-hybridized carbons (Fsp3) is 0.312.